The SMILES string of the molecule is COc1ncccc1CNc1cc(F)ncn1. The second-order valence-corrected chi connectivity index (χ2v) is 3.25. The number of hydrogen-bond donors (Lipinski definition) is 1. The van der Waals surface area contributed by atoms with Crippen LogP contribution in [0.3, 0.4) is 0 Å². The maximum absolute atomic E-state index is 12.8. The predicted molar refractivity (Wildman–Crippen MR) is 60.1 cm³/mol. The summed E-state index contributed by atoms with van der Waals surface area (Å²) in [4.78, 5) is 11.3. The van der Waals surface area contributed by atoms with Gasteiger partial charge in [0.2, 0.25) is 11.8 Å². The molecule has 2 heterocycles. The molecular weight excluding hydrogens is 223 g/mol. The lowest BCUT2D eigenvalue weighted by atomic mass is 10.2. The summed E-state index contributed by atoms with van der Waals surface area (Å²) in [5.74, 6) is 0.388. The molecule has 0 aliphatic carbocycles. The normalized spacial score (nSPS) is 10.0. The lowest BCUT2D eigenvalue weighted by Crippen LogP contribution is -2.04. The molecular formula is C11H11FN4O. The van der Waals surface area contributed by atoms with E-state index in [0.717, 1.165) is 11.9 Å². The van der Waals surface area contributed by atoms with Crippen LogP contribution in [0.2, 0.25) is 0 Å². The molecule has 17 heavy (non-hydrogen) atoms. The molecule has 6 heteroatoms. The van der Waals surface area contributed by atoms with Gasteiger partial charge in [0, 0.05) is 24.4 Å². The maximum Gasteiger partial charge on any atom is 0.218 e. The number of pyridine rings is 1. The Balaban J connectivity index is 2.07. The standard InChI is InChI=1S/C11H11FN4O/c1-17-11-8(3-2-4-13-11)6-14-10-5-9(12)15-7-16-10/h2-5,7H,6H2,1H3,(H,14,15,16). The van der Waals surface area contributed by atoms with Gasteiger partial charge in [-0.1, -0.05) is 6.07 Å². The molecule has 0 fully saturated rings. The lowest BCUT2D eigenvalue weighted by Gasteiger charge is -2.08. The highest BCUT2D eigenvalue weighted by molar-refractivity contribution is 5.36. The molecule has 1 N–H and O–H groups in total. The van der Waals surface area contributed by atoms with Crippen LogP contribution in [0.25, 0.3) is 0 Å². The molecule has 0 saturated heterocycles. The zero-order valence-corrected chi connectivity index (χ0v) is 9.22. The van der Waals surface area contributed by atoms with Gasteiger partial charge in [-0.3, -0.25) is 0 Å². The molecule has 0 radical (unpaired) electrons. The van der Waals surface area contributed by atoms with Gasteiger partial charge < -0.3 is 10.1 Å². The Morgan fingerprint density at radius 1 is 1.35 bits per heavy atom. The van der Waals surface area contributed by atoms with Crippen molar-refractivity contribution in [3.05, 3.63) is 42.2 Å². The molecule has 2 aromatic rings. The van der Waals surface area contributed by atoms with E-state index in [1.807, 2.05) is 6.07 Å². The van der Waals surface area contributed by atoms with Crippen molar-refractivity contribution in [1.29, 1.82) is 0 Å². The quantitative estimate of drug-likeness (QED) is 0.815. The predicted octanol–water partition coefficient (Wildman–Crippen LogP) is 1.63. The molecule has 0 aliphatic rings. The first-order valence-corrected chi connectivity index (χ1v) is 4.99. The minimum Gasteiger partial charge on any atom is -0.481 e. The van der Waals surface area contributed by atoms with Crippen LogP contribution in [0.15, 0.2) is 30.7 Å². The van der Waals surface area contributed by atoms with Crippen LogP contribution in [0, 0.1) is 5.95 Å². The molecule has 0 aliphatic heterocycles. The van der Waals surface area contributed by atoms with E-state index in [9.17, 15) is 4.39 Å². The number of aromatic nitrogens is 3. The Kier molecular flexibility index (Phi) is 3.44. The zero-order chi connectivity index (χ0) is 12.1. The van der Waals surface area contributed by atoms with Crippen LogP contribution in [-0.4, -0.2) is 22.1 Å². The maximum atomic E-state index is 12.8. The number of anilines is 1. The van der Waals surface area contributed by atoms with Gasteiger partial charge in [0.1, 0.15) is 12.1 Å². The highest BCUT2D eigenvalue weighted by Crippen LogP contribution is 2.15. The average molecular weight is 234 g/mol. The van der Waals surface area contributed by atoms with E-state index in [2.05, 4.69) is 20.3 Å². The Morgan fingerprint density at radius 2 is 2.24 bits per heavy atom. The monoisotopic (exact) mass is 234 g/mol. The highest BCUT2D eigenvalue weighted by atomic mass is 19.1. The third-order valence-corrected chi connectivity index (χ3v) is 2.14. The molecule has 88 valence electrons. The van der Waals surface area contributed by atoms with Crippen LogP contribution < -0.4 is 10.1 Å². The van der Waals surface area contributed by atoms with Crippen molar-refractivity contribution in [2.75, 3.05) is 12.4 Å². The van der Waals surface area contributed by atoms with Crippen molar-refractivity contribution < 1.29 is 9.13 Å². The van der Waals surface area contributed by atoms with Crippen molar-refractivity contribution in [3.8, 4) is 5.88 Å². The van der Waals surface area contributed by atoms with Crippen molar-refractivity contribution in [2.45, 2.75) is 6.54 Å². The fourth-order valence-electron chi connectivity index (χ4n) is 1.36. The fourth-order valence-corrected chi connectivity index (χ4v) is 1.36. The molecule has 0 saturated carbocycles. The first-order valence-electron chi connectivity index (χ1n) is 4.99. The van der Waals surface area contributed by atoms with E-state index in [0.29, 0.717) is 18.2 Å². The second-order valence-electron chi connectivity index (χ2n) is 3.25. The smallest absolute Gasteiger partial charge is 0.218 e. The summed E-state index contributed by atoms with van der Waals surface area (Å²) in [7, 11) is 1.55. The number of nitrogens with zero attached hydrogens (tertiary/aromatic N) is 3. The number of ether oxygens (including phenoxy) is 1. The summed E-state index contributed by atoms with van der Waals surface area (Å²) in [6.07, 6.45) is 2.81. The van der Waals surface area contributed by atoms with E-state index in [1.165, 1.54) is 6.07 Å². The largest absolute Gasteiger partial charge is 0.481 e. The molecule has 0 aromatic carbocycles. The van der Waals surface area contributed by atoms with Crippen LogP contribution in [-0.2, 0) is 6.54 Å². The lowest BCUT2D eigenvalue weighted by molar-refractivity contribution is 0.393. The molecule has 0 spiro atoms. The number of rotatable bonds is 4. The topological polar surface area (TPSA) is 59.9 Å². The Hall–Kier alpha value is -2.24. The summed E-state index contributed by atoms with van der Waals surface area (Å²) in [6.45, 7) is 0.452. The second kappa shape index (κ2) is 5.20. The van der Waals surface area contributed by atoms with Gasteiger partial charge in [-0.05, 0) is 6.07 Å². The Labute approximate surface area is 97.7 Å². The minimum absolute atomic E-state index is 0.420. The van der Waals surface area contributed by atoms with E-state index < -0.39 is 5.95 Å². The van der Waals surface area contributed by atoms with Crippen molar-refractivity contribution >= 4 is 5.82 Å². The van der Waals surface area contributed by atoms with E-state index in [1.54, 1.807) is 19.4 Å². The van der Waals surface area contributed by atoms with E-state index in [4.69, 9.17) is 4.74 Å². The third kappa shape index (κ3) is 2.87. The molecule has 0 amide bonds. The van der Waals surface area contributed by atoms with Crippen LogP contribution in [0.1, 0.15) is 5.56 Å². The van der Waals surface area contributed by atoms with Gasteiger partial charge >= 0.3 is 0 Å². The van der Waals surface area contributed by atoms with Gasteiger partial charge in [-0.15, -0.1) is 0 Å². The first-order chi connectivity index (χ1) is 8.29. The van der Waals surface area contributed by atoms with E-state index >= 15 is 0 Å². The summed E-state index contributed by atoms with van der Waals surface area (Å²) in [6, 6.07) is 4.90. The molecule has 0 unspecified atom stereocenters. The van der Waals surface area contributed by atoms with Crippen molar-refractivity contribution in [3.63, 3.8) is 0 Å². The number of halogens is 1. The van der Waals surface area contributed by atoms with Crippen LogP contribution in [0.5, 0.6) is 5.88 Å². The summed E-state index contributed by atoms with van der Waals surface area (Å²) in [5.41, 5.74) is 0.869. The van der Waals surface area contributed by atoms with Crippen molar-refractivity contribution in [1.82, 2.24) is 15.0 Å². The molecule has 0 atom stereocenters. The molecule has 2 rings (SSSR count). The molecule has 2 aromatic heterocycles. The van der Waals surface area contributed by atoms with Gasteiger partial charge in [-0.2, -0.15) is 4.39 Å². The summed E-state index contributed by atoms with van der Waals surface area (Å²) < 4.78 is 17.9. The zero-order valence-electron chi connectivity index (χ0n) is 9.22. The summed E-state index contributed by atoms with van der Waals surface area (Å²) >= 11 is 0. The third-order valence-electron chi connectivity index (χ3n) is 2.14. The van der Waals surface area contributed by atoms with Gasteiger partial charge in [0.25, 0.3) is 0 Å². The van der Waals surface area contributed by atoms with Crippen LogP contribution in [0.4, 0.5) is 10.2 Å². The highest BCUT2D eigenvalue weighted by Gasteiger charge is 2.03. The fraction of sp³-hybridized carbons (Fsp3) is 0.182. The first kappa shape index (κ1) is 11.3. The van der Waals surface area contributed by atoms with Gasteiger partial charge in [-0.25, -0.2) is 15.0 Å². The van der Waals surface area contributed by atoms with Gasteiger partial charge in [0.05, 0.1) is 7.11 Å². The Morgan fingerprint density at radius 3 is 3.00 bits per heavy atom. The van der Waals surface area contributed by atoms with E-state index in [-0.39, 0.29) is 0 Å². The van der Waals surface area contributed by atoms with Gasteiger partial charge in [0.15, 0.2) is 0 Å². The summed E-state index contributed by atoms with van der Waals surface area (Å²) in [5, 5.41) is 2.97. The minimum atomic E-state index is -0.569. The Bertz CT molecular complexity index is 506. The van der Waals surface area contributed by atoms with Crippen LogP contribution >= 0.6 is 0 Å². The average Bonchev–Trinajstić information content (AvgIpc) is 2.37. The molecule has 5 nitrogen and oxygen atoms in total. The number of nitrogens with one attached hydrogen (secondary N) is 1. The number of methoxy groups -OCH3 is 1. The molecule has 0 bridgehead atoms. The number of hydrogen-bond acceptors (Lipinski definition) is 5. The van der Waals surface area contributed by atoms with Crippen molar-refractivity contribution in [2.24, 2.45) is 0 Å².